The van der Waals surface area contributed by atoms with Gasteiger partial charge in [0.25, 0.3) is 0 Å². The number of nitrogens with one attached hydrogen (secondary N) is 2. The third kappa shape index (κ3) is 5.06. The summed E-state index contributed by atoms with van der Waals surface area (Å²) in [7, 11) is 0. The maximum absolute atomic E-state index is 9.18. The first-order valence-corrected chi connectivity index (χ1v) is 8.33. The number of tetrazole rings is 1. The highest BCUT2D eigenvalue weighted by molar-refractivity contribution is 5.74. The zero-order chi connectivity index (χ0) is 18.9. The van der Waals surface area contributed by atoms with Gasteiger partial charge in [0.1, 0.15) is 29.7 Å². The summed E-state index contributed by atoms with van der Waals surface area (Å²) in [6.07, 6.45) is 1.54. The molecule has 0 atom stereocenters. The van der Waals surface area contributed by atoms with Gasteiger partial charge in [-0.05, 0) is 54.1 Å². The Morgan fingerprint density at radius 3 is 2.63 bits per heavy atom. The molecule has 3 aromatic rings. The van der Waals surface area contributed by atoms with Crippen LogP contribution in [0.15, 0.2) is 54.7 Å². The Bertz CT molecular complexity index is 930. The van der Waals surface area contributed by atoms with Gasteiger partial charge in [0.05, 0.1) is 6.61 Å². The molecule has 0 bridgehead atoms. The SMILES string of the molecule is CCOc1ccc(OCc2cccc(NC=C(C#N)c3nn[nH]n3)c2)cc1. The number of nitriles is 1. The number of ether oxygens (including phenoxy) is 2. The van der Waals surface area contributed by atoms with E-state index in [0.717, 1.165) is 22.7 Å². The maximum Gasteiger partial charge on any atom is 0.216 e. The first kappa shape index (κ1) is 17.9. The lowest BCUT2D eigenvalue weighted by molar-refractivity contribution is 0.304. The number of benzene rings is 2. The molecule has 8 heteroatoms. The van der Waals surface area contributed by atoms with Crippen LogP contribution in [0.3, 0.4) is 0 Å². The van der Waals surface area contributed by atoms with E-state index in [1.807, 2.05) is 61.5 Å². The fourth-order valence-electron chi connectivity index (χ4n) is 2.29. The third-order valence-electron chi connectivity index (χ3n) is 3.56. The number of nitrogens with zero attached hydrogens (tertiary/aromatic N) is 4. The summed E-state index contributed by atoms with van der Waals surface area (Å²) in [6.45, 7) is 3.00. The fourth-order valence-corrected chi connectivity index (χ4v) is 2.29. The topological polar surface area (TPSA) is 109 Å². The number of rotatable bonds is 8. The fraction of sp³-hybridized carbons (Fsp3) is 0.158. The van der Waals surface area contributed by atoms with E-state index in [-0.39, 0.29) is 11.4 Å². The highest BCUT2D eigenvalue weighted by Crippen LogP contribution is 2.19. The monoisotopic (exact) mass is 362 g/mol. The van der Waals surface area contributed by atoms with Crippen molar-refractivity contribution in [3.63, 3.8) is 0 Å². The molecule has 2 aromatic carbocycles. The molecule has 0 radical (unpaired) electrons. The predicted molar refractivity (Wildman–Crippen MR) is 99.8 cm³/mol. The summed E-state index contributed by atoms with van der Waals surface area (Å²) in [5.41, 5.74) is 2.08. The molecule has 0 saturated carbocycles. The molecule has 0 aliphatic rings. The number of allylic oxidation sites excluding steroid dienone is 1. The second kappa shape index (κ2) is 9.01. The third-order valence-corrected chi connectivity index (χ3v) is 3.56. The van der Waals surface area contributed by atoms with E-state index in [0.29, 0.717) is 13.2 Å². The van der Waals surface area contributed by atoms with E-state index < -0.39 is 0 Å². The lowest BCUT2D eigenvalue weighted by Gasteiger charge is -2.09. The summed E-state index contributed by atoms with van der Waals surface area (Å²) >= 11 is 0. The number of aromatic nitrogens is 4. The van der Waals surface area contributed by atoms with E-state index >= 15 is 0 Å². The highest BCUT2D eigenvalue weighted by Gasteiger charge is 2.05. The van der Waals surface area contributed by atoms with Crippen molar-refractivity contribution in [2.45, 2.75) is 13.5 Å². The Balaban J connectivity index is 1.61. The van der Waals surface area contributed by atoms with Crippen LogP contribution in [0.5, 0.6) is 11.5 Å². The second-order valence-electron chi connectivity index (χ2n) is 5.44. The van der Waals surface area contributed by atoms with Crippen molar-refractivity contribution in [1.82, 2.24) is 20.6 Å². The molecule has 136 valence electrons. The Kier molecular flexibility index (Phi) is 5.99. The van der Waals surface area contributed by atoms with Crippen molar-refractivity contribution in [3.05, 3.63) is 66.1 Å². The Labute approximate surface area is 156 Å². The molecule has 0 spiro atoms. The summed E-state index contributed by atoms with van der Waals surface area (Å²) in [4.78, 5) is 0. The van der Waals surface area contributed by atoms with Crippen LogP contribution < -0.4 is 14.8 Å². The van der Waals surface area contributed by atoms with Crippen LogP contribution in [0.4, 0.5) is 5.69 Å². The van der Waals surface area contributed by atoms with E-state index in [4.69, 9.17) is 9.47 Å². The summed E-state index contributed by atoms with van der Waals surface area (Å²) in [5.74, 6) is 1.82. The minimum absolute atomic E-state index is 0.236. The van der Waals surface area contributed by atoms with Crippen molar-refractivity contribution in [1.29, 1.82) is 5.26 Å². The summed E-state index contributed by atoms with van der Waals surface area (Å²) < 4.78 is 11.2. The molecule has 0 fully saturated rings. The molecule has 0 saturated heterocycles. The van der Waals surface area contributed by atoms with Gasteiger partial charge >= 0.3 is 0 Å². The van der Waals surface area contributed by atoms with Crippen LogP contribution in [0, 0.1) is 11.3 Å². The first-order chi connectivity index (χ1) is 13.3. The van der Waals surface area contributed by atoms with Gasteiger partial charge in [0, 0.05) is 11.9 Å². The summed E-state index contributed by atoms with van der Waals surface area (Å²) in [5, 5.41) is 25.6. The van der Waals surface area contributed by atoms with E-state index in [2.05, 4.69) is 25.9 Å². The van der Waals surface area contributed by atoms with Crippen LogP contribution >= 0.6 is 0 Å². The van der Waals surface area contributed by atoms with Gasteiger partial charge < -0.3 is 14.8 Å². The molecule has 3 rings (SSSR count). The Morgan fingerprint density at radius 1 is 1.19 bits per heavy atom. The molecule has 0 aliphatic heterocycles. The number of H-pyrrole nitrogens is 1. The van der Waals surface area contributed by atoms with Gasteiger partial charge in [-0.2, -0.15) is 10.5 Å². The maximum atomic E-state index is 9.18. The molecule has 1 heterocycles. The molecule has 1 aromatic heterocycles. The smallest absolute Gasteiger partial charge is 0.216 e. The van der Waals surface area contributed by atoms with Crippen LogP contribution in [0.2, 0.25) is 0 Å². The predicted octanol–water partition coefficient (Wildman–Crippen LogP) is 3.15. The largest absolute Gasteiger partial charge is 0.494 e. The zero-order valence-electron chi connectivity index (χ0n) is 14.7. The van der Waals surface area contributed by atoms with Gasteiger partial charge in [0.15, 0.2) is 0 Å². The zero-order valence-corrected chi connectivity index (χ0v) is 14.7. The minimum Gasteiger partial charge on any atom is -0.494 e. The van der Waals surface area contributed by atoms with Gasteiger partial charge in [0.2, 0.25) is 5.82 Å². The van der Waals surface area contributed by atoms with Crippen LogP contribution in [0.1, 0.15) is 18.3 Å². The van der Waals surface area contributed by atoms with Crippen molar-refractivity contribution in [2.75, 3.05) is 11.9 Å². The first-order valence-electron chi connectivity index (χ1n) is 8.33. The highest BCUT2D eigenvalue weighted by atomic mass is 16.5. The molecule has 2 N–H and O–H groups in total. The molecular formula is C19H18N6O2. The van der Waals surface area contributed by atoms with E-state index in [1.165, 1.54) is 6.20 Å². The molecule has 27 heavy (non-hydrogen) atoms. The van der Waals surface area contributed by atoms with E-state index in [1.54, 1.807) is 0 Å². The molecule has 8 nitrogen and oxygen atoms in total. The van der Waals surface area contributed by atoms with E-state index in [9.17, 15) is 5.26 Å². The van der Waals surface area contributed by atoms with Crippen molar-refractivity contribution in [3.8, 4) is 17.6 Å². The Hall–Kier alpha value is -3.86. The standard InChI is InChI=1S/C19H18N6O2/c1-2-26-17-6-8-18(9-7-17)27-13-14-4-3-5-16(10-14)21-12-15(11-20)19-22-24-25-23-19/h3-10,12,21H,2,13H2,1H3,(H,22,23,24,25). The quantitative estimate of drug-likeness (QED) is 0.592. The average molecular weight is 362 g/mol. The number of hydrogen-bond acceptors (Lipinski definition) is 7. The molecular weight excluding hydrogens is 344 g/mol. The van der Waals surface area contributed by atoms with Crippen molar-refractivity contribution >= 4 is 11.3 Å². The van der Waals surface area contributed by atoms with Gasteiger partial charge in [-0.15, -0.1) is 10.2 Å². The normalized spacial score (nSPS) is 10.9. The van der Waals surface area contributed by atoms with Gasteiger partial charge in [-0.3, -0.25) is 0 Å². The number of aromatic amines is 1. The minimum atomic E-state index is 0.236. The number of hydrogen-bond donors (Lipinski definition) is 2. The average Bonchev–Trinajstić information content (AvgIpc) is 3.23. The summed E-state index contributed by atoms with van der Waals surface area (Å²) in [6, 6.07) is 17.2. The van der Waals surface area contributed by atoms with Crippen LogP contribution in [-0.4, -0.2) is 27.2 Å². The van der Waals surface area contributed by atoms with Crippen LogP contribution in [-0.2, 0) is 6.61 Å². The van der Waals surface area contributed by atoms with Gasteiger partial charge in [-0.25, -0.2) is 0 Å². The molecule has 0 amide bonds. The van der Waals surface area contributed by atoms with Gasteiger partial charge in [-0.1, -0.05) is 12.1 Å². The lowest BCUT2D eigenvalue weighted by Crippen LogP contribution is -1.98. The van der Waals surface area contributed by atoms with Crippen molar-refractivity contribution < 1.29 is 9.47 Å². The molecule has 0 unspecified atom stereocenters. The number of anilines is 1. The second-order valence-corrected chi connectivity index (χ2v) is 5.44. The van der Waals surface area contributed by atoms with Crippen molar-refractivity contribution in [2.24, 2.45) is 0 Å². The lowest BCUT2D eigenvalue weighted by atomic mass is 10.2. The van der Waals surface area contributed by atoms with Crippen LogP contribution in [0.25, 0.3) is 5.57 Å². The Morgan fingerprint density at radius 2 is 1.96 bits per heavy atom. The molecule has 0 aliphatic carbocycles.